The summed E-state index contributed by atoms with van der Waals surface area (Å²) in [5.74, 6) is -7.79. The minimum absolute atomic E-state index is 0.0739. The van der Waals surface area contributed by atoms with Crippen molar-refractivity contribution in [2.75, 3.05) is 0 Å². The molecule has 0 spiro atoms. The summed E-state index contributed by atoms with van der Waals surface area (Å²) in [5.41, 5.74) is -0.646. The molecule has 2 unspecified atom stereocenters. The number of hydrogen-bond donors (Lipinski definition) is 0. The van der Waals surface area contributed by atoms with Gasteiger partial charge in [-0.2, -0.15) is 4.39 Å². The summed E-state index contributed by atoms with van der Waals surface area (Å²) in [5, 5.41) is 0. The lowest BCUT2D eigenvalue weighted by atomic mass is 9.77. The van der Waals surface area contributed by atoms with E-state index >= 15 is 17.6 Å². The standard InChI is InChI=1S/C31H42F5N/c1-4-6-8-9-10-11-12-14-24-17-15-22-20-25(28(32)29(33)27(22)31(24,35)36)26-18-16-23(30(34)37-26)19-21(3)13-7-5-2/h16,18,20-21,24H,4-15,17,19H2,1-3H3. The van der Waals surface area contributed by atoms with Crippen LogP contribution >= 0.6 is 0 Å². The second-order valence-electron chi connectivity index (χ2n) is 11.0. The van der Waals surface area contributed by atoms with Crippen molar-refractivity contribution in [3.63, 3.8) is 0 Å². The molecule has 0 fully saturated rings. The molecule has 0 aliphatic heterocycles. The first-order chi connectivity index (χ1) is 17.7. The highest BCUT2D eigenvalue weighted by molar-refractivity contribution is 5.63. The van der Waals surface area contributed by atoms with Gasteiger partial charge in [0.1, 0.15) is 0 Å². The number of aromatic nitrogens is 1. The van der Waals surface area contributed by atoms with Gasteiger partial charge in [-0.15, -0.1) is 0 Å². The maximum absolute atomic E-state index is 15.4. The van der Waals surface area contributed by atoms with Crippen molar-refractivity contribution in [2.24, 2.45) is 11.8 Å². The Kier molecular flexibility index (Phi) is 11.0. The minimum Gasteiger partial charge on any atom is -0.219 e. The number of benzene rings is 1. The summed E-state index contributed by atoms with van der Waals surface area (Å²) in [4.78, 5) is 3.89. The number of fused-ring (bicyclic) bond motifs is 1. The number of halogens is 5. The number of rotatable bonds is 14. The van der Waals surface area contributed by atoms with Crippen molar-refractivity contribution in [1.82, 2.24) is 4.98 Å². The Balaban J connectivity index is 1.75. The van der Waals surface area contributed by atoms with Gasteiger partial charge in [0.15, 0.2) is 11.6 Å². The SMILES string of the molecule is CCCCCCCCCC1CCc2cc(-c3ccc(CC(C)CCCC)c(F)n3)c(F)c(F)c2C1(F)F. The molecule has 1 aromatic carbocycles. The lowest BCUT2D eigenvalue weighted by molar-refractivity contribution is -0.0823. The van der Waals surface area contributed by atoms with Gasteiger partial charge in [-0.05, 0) is 49.3 Å². The van der Waals surface area contributed by atoms with Crippen LogP contribution in [0.1, 0.15) is 115 Å². The monoisotopic (exact) mass is 523 g/mol. The van der Waals surface area contributed by atoms with Gasteiger partial charge in [-0.25, -0.2) is 22.5 Å². The van der Waals surface area contributed by atoms with Crippen molar-refractivity contribution >= 4 is 0 Å². The lowest BCUT2D eigenvalue weighted by Gasteiger charge is -2.34. The first-order valence-corrected chi connectivity index (χ1v) is 14.3. The first kappa shape index (κ1) is 29.6. The average molecular weight is 524 g/mol. The topological polar surface area (TPSA) is 12.9 Å². The lowest BCUT2D eigenvalue weighted by Crippen LogP contribution is -2.33. The smallest absolute Gasteiger partial charge is 0.219 e. The third-order valence-corrected chi connectivity index (χ3v) is 7.87. The molecule has 206 valence electrons. The molecule has 0 bridgehead atoms. The van der Waals surface area contributed by atoms with E-state index in [0.29, 0.717) is 24.8 Å². The van der Waals surface area contributed by atoms with Crippen LogP contribution in [0.4, 0.5) is 22.0 Å². The van der Waals surface area contributed by atoms with E-state index in [0.717, 1.165) is 51.4 Å². The molecule has 1 aromatic heterocycles. The zero-order valence-electron chi connectivity index (χ0n) is 22.6. The molecule has 0 saturated heterocycles. The zero-order valence-corrected chi connectivity index (χ0v) is 22.6. The Hall–Kier alpha value is -1.98. The number of hydrogen-bond acceptors (Lipinski definition) is 1. The van der Waals surface area contributed by atoms with Gasteiger partial charge in [0.2, 0.25) is 5.95 Å². The Bertz CT molecular complexity index is 1020. The van der Waals surface area contributed by atoms with Crippen LogP contribution < -0.4 is 0 Å². The van der Waals surface area contributed by atoms with E-state index in [1.54, 1.807) is 6.07 Å². The van der Waals surface area contributed by atoms with Crippen LogP contribution in [0.3, 0.4) is 0 Å². The molecule has 1 heterocycles. The van der Waals surface area contributed by atoms with E-state index in [2.05, 4.69) is 18.8 Å². The highest BCUT2D eigenvalue weighted by Gasteiger charge is 2.48. The third kappa shape index (κ3) is 7.32. The summed E-state index contributed by atoms with van der Waals surface area (Å²) in [6.07, 6.45) is 11.5. The van der Waals surface area contributed by atoms with Gasteiger partial charge in [-0.3, -0.25) is 0 Å². The second-order valence-corrected chi connectivity index (χ2v) is 11.0. The van der Waals surface area contributed by atoms with Crippen molar-refractivity contribution in [1.29, 1.82) is 0 Å². The molecule has 2 aromatic rings. The van der Waals surface area contributed by atoms with Crippen LogP contribution in [0.2, 0.25) is 0 Å². The fourth-order valence-electron chi connectivity index (χ4n) is 5.61. The molecule has 3 rings (SSSR count). The molecule has 1 aliphatic rings. The predicted molar refractivity (Wildman–Crippen MR) is 140 cm³/mol. The molecular weight excluding hydrogens is 481 g/mol. The maximum Gasteiger partial charge on any atom is 0.279 e. The van der Waals surface area contributed by atoms with Crippen LogP contribution in [-0.4, -0.2) is 4.98 Å². The fraction of sp³-hybridized carbons (Fsp3) is 0.645. The molecule has 1 aliphatic carbocycles. The van der Waals surface area contributed by atoms with Crippen molar-refractivity contribution in [3.05, 3.63) is 52.5 Å². The fourth-order valence-corrected chi connectivity index (χ4v) is 5.61. The van der Waals surface area contributed by atoms with Crippen molar-refractivity contribution in [2.45, 2.75) is 117 Å². The molecule has 0 saturated carbocycles. The summed E-state index contributed by atoms with van der Waals surface area (Å²) in [7, 11) is 0. The zero-order chi connectivity index (χ0) is 27.0. The largest absolute Gasteiger partial charge is 0.279 e. The van der Waals surface area contributed by atoms with E-state index in [1.807, 2.05) is 6.92 Å². The Morgan fingerprint density at radius 3 is 2.27 bits per heavy atom. The van der Waals surface area contributed by atoms with Crippen molar-refractivity contribution in [3.8, 4) is 11.3 Å². The predicted octanol–water partition coefficient (Wildman–Crippen LogP) is 10.3. The Labute approximate surface area is 219 Å². The Morgan fingerprint density at radius 2 is 1.59 bits per heavy atom. The number of alkyl halides is 2. The van der Waals surface area contributed by atoms with Crippen LogP contribution in [0.25, 0.3) is 11.3 Å². The van der Waals surface area contributed by atoms with E-state index in [-0.39, 0.29) is 35.6 Å². The van der Waals surface area contributed by atoms with Crippen molar-refractivity contribution < 1.29 is 22.0 Å². The Morgan fingerprint density at radius 1 is 0.919 bits per heavy atom. The highest BCUT2D eigenvalue weighted by Crippen LogP contribution is 2.49. The van der Waals surface area contributed by atoms with Gasteiger partial charge >= 0.3 is 0 Å². The summed E-state index contributed by atoms with van der Waals surface area (Å²) >= 11 is 0. The quantitative estimate of drug-likeness (QED) is 0.136. The second kappa shape index (κ2) is 13.7. The van der Waals surface area contributed by atoms with E-state index in [4.69, 9.17) is 0 Å². The average Bonchev–Trinajstić information content (AvgIpc) is 2.86. The molecule has 0 radical (unpaired) electrons. The van der Waals surface area contributed by atoms with E-state index in [1.165, 1.54) is 18.6 Å². The highest BCUT2D eigenvalue weighted by atomic mass is 19.3. The maximum atomic E-state index is 15.4. The van der Waals surface area contributed by atoms with Crippen LogP contribution in [0.15, 0.2) is 18.2 Å². The van der Waals surface area contributed by atoms with Gasteiger partial charge in [-0.1, -0.05) is 91.0 Å². The number of unbranched alkanes of at least 4 members (excludes halogenated alkanes) is 7. The summed E-state index contributed by atoms with van der Waals surface area (Å²) in [6, 6.07) is 4.25. The molecule has 2 atom stereocenters. The van der Waals surface area contributed by atoms with E-state index in [9.17, 15) is 4.39 Å². The molecular formula is C31H42F5N. The van der Waals surface area contributed by atoms with Crippen LogP contribution in [0, 0.1) is 29.4 Å². The minimum atomic E-state index is -3.43. The van der Waals surface area contributed by atoms with Gasteiger partial charge in [0.05, 0.1) is 11.3 Å². The summed E-state index contributed by atoms with van der Waals surface area (Å²) in [6.45, 7) is 6.29. The molecule has 1 nitrogen and oxygen atoms in total. The van der Waals surface area contributed by atoms with Gasteiger partial charge in [0, 0.05) is 17.0 Å². The molecule has 37 heavy (non-hydrogen) atoms. The van der Waals surface area contributed by atoms with Gasteiger partial charge < -0.3 is 0 Å². The van der Waals surface area contributed by atoms with E-state index < -0.39 is 35.0 Å². The molecule has 6 heteroatoms. The summed E-state index contributed by atoms with van der Waals surface area (Å²) < 4.78 is 75.7. The number of pyridine rings is 1. The van der Waals surface area contributed by atoms with Crippen LogP contribution in [-0.2, 0) is 18.8 Å². The first-order valence-electron chi connectivity index (χ1n) is 14.3. The molecule has 0 N–H and O–H groups in total. The van der Waals surface area contributed by atoms with Gasteiger partial charge in [0.25, 0.3) is 5.92 Å². The number of aryl methyl sites for hydroxylation is 1. The molecule has 0 amide bonds. The third-order valence-electron chi connectivity index (χ3n) is 7.87. The number of nitrogens with zero attached hydrogens (tertiary/aromatic N) is 1. The van der Waals surface area contributed by atoms with Crippen LogP contribution in [0.5, 0.6) is 0 Å². The normalized spacial score (nSPS) is 17.6.